The number of esters is 1. The molecule has 0 radical (unpaired) electrons. The zero-order valence-electron chi connectivity index (χ0n) is 16.6. The number of rotatable bonds is 5. The fraction of sp³-hybridized carbons (Fsp3) is 0.455. The van der Waals surface area contributed by atoms with Crippen molar-refractivity contribution in [3.8, 4) is 0 Å². The number of benzene rings is 1. The molecule has 1 fully saturated rings. The van der Waals surface area contributed by atoms with Crippen molar-refractivity contribution in [2.75, 3.05) is 39.5 Å². The lowest BCUT2D eigenvalue weighted by Crippen LogP contribution is -2.47. The number of hydrogen-bond acceptors (Lipinski definition) is 6. The van der Waals surface area contributed by atoms with E-state index < -0.39 is 17.8 Å². The van der Waals surface area contributed by atoms with Crippen LogP contribution < -0.4 is 0 Å². The van der Waals surface area contributed by atoms with E-state index in [-0.39, 0.29) is 30.9 Å². The van der Waals surface area contributed by atoms with E-state index in [1.165, 1.54) is 0 Å². The molecule has 3 aliphatic rings. The van der Waals surface area contributed by atoms with Crippen LogP contribution in [0.1, 0.15) is 33.6 Å². The molecule has 2 atom stereocenters. The lowest BCUT2D eigenvalue weighted by Gasteiger charge is -2.33. The minimum Gasteiger partial charge on any atom is -0.464 e. The number of amides is 3. The number of hydrogen-bond donors (Lipinski definition) is 0. The second-order valence-electron chi connectivity index (χ2n) is 7.57. The van der Waals surface area contributed by atoms with E-state index >= 15 is 0 Å². The number of carbonyl (C=O) groups is 4. The van der Waals surface area contributed by atoms with Gasteiger partial charge in [-0.3, -0.25) is 24.1 Å². The standard InChI is InChI=1S/C22H24N2O6/c25-19(23-9-12-29-13-10-23)17-7-3-4-8-18(17)22(28)30-14-11-24-20(26)15-5-1-2-6-16(15)21(24)27/h1-6,17-18H,7-14H2. The van der Waals surface area contributed by atoms with Gasteiger partial charge in [-0.15, -0.1) is 0 Å². The normalized spacial score (nSPS) is 23.5. The quantitative estimate of drug-likeness (QED) is 0.411. The minimum absolute atomic E-state index is 0.0112. The van der Waals surface area contributed by atoms with Gasteiger partial charge in [0, 0.05) is 13.1 Å². The molecule has 8 nitrogen and oxygen atoms in total. The third kappa shape index (κ3) is 3.87. The van der Waals surface area contributed by atoms with Crippen LogP contribution in [0.4, 0.5) is 0 Å². The van der Waals surface area contributed by atoms with Crippen LogP contribution in [0.3, 0.4) is 0 Å². The predicted molar refractivity (Wildman–Crippen MR) is 106 cm³/mol. The Morgan fingerprint density at radius 1 is 0.967 bits per heavy atom. The summed E-state index contributed by atoms with van der Waals surface area (Å²) in [5, 5.41) is 0. The number of allylic oxidation sites excluding steroid dienone is 2. The van der Waals surface area contributed by atoms with Gasteiger partial charge >= 0.3 is 5.97 Å². The van der Waals surface area contributed by atoms with E-state index in [9.17, 15) is 19.2 Å². The molecule has 1 aromatic carbocycles. The number of nitrogens with zero attached hydrogens (tertiary/aromatic N) is 2. The molecule has 2 aliphatic heterocycles. The van der Waals surface area contributed by atoms with Crippen molar-refractivity contribution in [1.29, 1.82) is 0 Å². The molecule has 0 bridgehead atoms. The SMILES string of the molecule is O=C(OCCN1C(=O)c2ccccc2C1=O)C1CC=CCC1C(=O)N1CCOCC1. The van der Waals surface area contributed by atoms with Crippen molar-refractivity contribution >= 4 is 23.7 Å². The number of imide groups is 1. The Morgan fingerprint density at radius 2 is 1.57 bits per heavy atom. The highest BCUT2D eigenvalue weighted by Crippen LogP contribution is 2.29. The fourth-order valence-electron chi connectivity index (χ4n) is 4.15. The summed E-state index contributed by atoms with van der Waals surface area (Å²) >= 11 is 0. The van der Waals surface area contributed by atoms with Crippen LogP contribution in [0.25, 0.3) is 0 Å². The highest BCUT2D eigenvalue weighted by Gasteiger charge is 2.38. The van der Waals surface area contributed by atoms with Crippen molar-refractivity contribution in [2.24, 2.45) is 11.8 Å². The van der Waals surface area contributed by atoms with Gasteiger partial charge in [0.25, 0.3) is 11.8 Å². The molecule has 2 unspecified atom stereocenters. The minimum atomic E-state index is -0.562. The maximum Gasteiger partial charge on any atom is 0.310 e. The molecule has 1 aromatic rings. The molecule has 158 valence electrons. The zero-order valence-corrected chi connectivity index (χ0v) is 16.6. The van der Waals surface area contributed by atoms with E-state index in [1.807, 2.05) is 12.2 Å². The van der Waals surface area contributed by atoms with Gasteiger partial charge in [0.2, 0.25) is 5.91 Å². The lowest BCUT2D eigenvalue weighted by molar-refractivity contribution is -0.156. The lowest BCUT2D eigenvalue weighted by atomic mass is 9.82. The Hall–Kier alpha value is -3.00. The molecule has 0 saturated carbocycles. The van der Waals surface area contributed by atoms with E-state index in [0.29, 0.717) is 50.3 Å². The first-order chi connectivity index (χ1) is 14.6. The van der Waals surface area contributed by atoms with Gasteiger partial charge in [-0.1, -0.05) is 24.3 Å². The summed E-state index contributed by atoms with van der Waals surface area (Å²) in [6, 6.07) is 6.63. The first kappa shape index (κ1) is 20.3. The molecule has 1 saturated heterocycles. The molecular formula is C22H24N2O6. The first-order valence-electron chi connectivity index (χ1n) is 10.2. The summed E-state index contributed by atoms with van der Waals surface area (Å²) in [6.07, 6.45) is 4.74. The summed E-state index contributed by atoms with van der Waals surface area (Å²) in [6.45, 7) is 1.96. The van der Waals surface area contributed by atoms with Crippen LogP contribution in [0.15, 0.2) is 36.4 Å². The first-order valence-corrected chi connectivity index (χ1v) is 10.2. The average molecular weight is 412 g/mol. The van der Waals surface area contributed by atoms with Crippen LogP contribution in [-0.4, -0.2) is 72.9 Å². The van der Waals surface area contributed by atoms with Crippen molar-refractivity contribution in [1.82, 2.24) is 9.80 Å². The molecule has 30 heavy (non-hydrogen) atoms. The van der Waals surface area contributed by atoms with Crippen molar-refractivity contribution in [3.63, 3.8) is 0 Å². The Labute approximate surface area is 174 Å². The Morgan fingerprint density at radius 3 is 2.20 bits per heavy atom. The van der Waals surface area contributed by atoms with E-state index in [1.54, 1.807) is 29.2 Å². The summed E-state index contributed by atoms with van der Waals surface area (Å²) < 4.78 is 10.7. The van der Waals surface area contributed by atoms with E-state index in [0.717, 1.165) is 4.90 Å². The predicted octanol–water partition coefficient (Wildman–Crippen LogP) is 1.27. The number of ether oxygens (including phenoxy) is 2. The summed E-state index contributed by atoms with van der Waals surface area (Å²) in [5.41, 5.74) is 0.727. The zero-order chi connectivity index (χ0) is 21.1. The maximum absolute atomic E-state index is 12.9. The van der Waals surface area contributed by atoms with Crippen LogP contribution >= 0.6 is 0 Å². The van der Waals surface area contributed by atoms with Crippen molar-refractivity contribution in [2.45, 2.75) is 12.8 Å². The topological polar surface area (TPSA) is 93.2 Å². The summed E-state index contributed by atoms with van der Waals surface area (Å²) in [7, 11) is 0. The molecular weight excluding hydrogens is 388 g/mol. The third-order valence-corrected chi connectivity index (χ3v) is 5.81. The maximum atomic E-state index is 12.9. The fourth-order valence-corrected chi connectivity index (χ4v) is 4.15. The second-order valence-corrected chi connectivity index (χ2v) is 7.57. The van der Waals surface area contributed by atoms with Gasteiger partial charge in [0.05, 0.1) is 42.7 Å². The van der Waals surface area contributed by atoms with Crippen molar-refractivity contribution in [3.05, 3.63) is 47.5 Å². The molecule has 8 heteroatoms. The highest BCUT2D eigenvalue weighted by molar-refractivity contribution is 6.21. The third-order valence-electron chi connectivity index (χ3n) is 5.81. The molecule has 3 amide bonds. The molecule has 4 rings (SSSR count). The Balaban J connectivity index is 1.34. The second kappa shape index (κ2) is 8.79. The smallest absolute Gasteiger partial charge is 0.310 e. The number of carbonyl (C=O) groups excluding carboxylic acids is 4. The van der Waals surface area contributed by atoms with E-state index in [4.69, 9.17) is 9.47 Å². The van der Waals surface area contributed by atoms with Gasteiger partial charge in [0.15, 0.2) is 0 Å². The molecule has 1 aliphatic carbocycles. The highest BCUT2D eigenvalue weighted by atomic mass is 16.5. The molecule has 2 heterocycles. The Kier molecular flexibility index (Phi) is 5.94. The summed E-state index contributed by atoms with van der Waals surface area (Å²) in [5.74, 6) is -2.31. The van der Waals surface area contributed by atoms with Gasteiger partial charge in [-0.25, -0.2) is 0 Å². The molecule has 0 N–H and O–H groups in total. The van der Waals surface area contributed by atoms with Crippen LogP contribution in [0, 0.1) is 11.8 Å². The van der Waals surface area contributed by atoms with E-state index in [2.05, 4.69) is 0 Å². The van der Waals surface area contributed by atoms with Crippen molar-refractivity contribution < 1.29 is 28.7 Å². The van der Waals surface area contributed by atoms with Crippen LogP contribution in [0.5, 0.6) is 0 Å². The van der Waals surface area contributed by atoms with Crippen LogP contribution in [-0.2, 0) is 19.1 Å². The Bertz CT molecular complexity index is 854. The number of fused-ring (bicyclic) bond motifs is 1. The average Bonchev–Trinajstić information content (AvgIpc) is 3.04. The van der Waals surface area contributed by atoms with Gasteiger partial charge < -0.3 is 14.4 Å². The molecule has 0 spiro atoms. The van der Waals surface area contributed by atoms with Crippen LogP contribution in [0.2, 0.25) is 0 Å². The van der Waals surface area contributed by atoms with Gasteiger partial charge in [0.1, 0.15) is 6.61 Å². The molecule has 0 aromatic heterocycles. The summed E-state index contributed by atoms with van der Waals surface area (Å²) in [4.78, 5) is 53.2. The largest absolute Gasteiger partial charge is 0.464 e. The van der Waals surface area contributed by atoms with Gasteiger partial charge in [-0.05, 0) is 25.0 Å². The van der Waals surface area contributed by atoms with Gasteiger partial charge in [-0.2, -0.15) is 0 Å². The number of morpholine rings is 1. The monoisotopic (exact) mass is 412 g/mol.